The van der Waals surface area contributed by atoms with Crippen molar-refractivity contribution in [3.05, 3.63) is 102 Å². The van der Waals surface area contributed by atoms with Gasteiger partial charge in [0.2, 0.25) is 5.91 Å². The number of amides is 2. The minimum Gasteiger partial charge on any atom is -0.375 e. The summed E-state index contributed by atoms with van der Waals surface area (Å²) in [7, 11) is 1.47. The van der Waals surface area contributed by atoms with Crippen molar-refractivity contribution in [1.82, 2.24) is 14.5 Å². The van der Waals surface area contributed by atoms with Crippen molar-refractivity contribution in [3.8, 4) is 0 Å². The van der Waals surface area contributed by atoms with Crippen LogP contribution in [0.25, 0.3) is 16.6 Å². The van der Waals surface area contributed by atoms with Crippen LogP contribution < -0.4 is 5.32 Å². The summed E-state index contributed by atoms with van der Waals surface area (Å²) in [5.74, 6) is -0.352. The van der Waals surface area contributed by atoms with Crippen LogP contribution in [0.15, 0.2) is 85.2 Å². The van der Waals surface area contributed by atoms with E-state index in [2.05, 4.69) is 40.6 Å². The highest BCUT2D eigenvalue weighted by Crippen LogP contribution is 2.28. The number of aryl methyl sites for hydroxylation is 2. The molecular formula is C30H30N4O3. The lowest BCUT2D eigenvalue weighted by atomic mass is 9.99. The highest BCUT2D eigenvalue weighted by Gasteiger charge is 2.24. The molecule has 2 amide bonds. The Morgan fingerprint density at radius 1 is 1.03 bits per heavy atom. The van der Waals surface area contributed by atoms with Crippen LogP contribution in [0.4, 0.5) is 5.69 Å². The van der Waals surface area contributed by atoms with E-state index >= 15 is 0 Å². The monoisotopic (exact) mass is 494 g/mol. The maximum Gasteiger partial charge on any atom is 0.256 e. The van der Waals surface area contributed by atoms with Gasteiger partial charge in [0.15, 0.2) is 0 Å². The van der Waals surface area contributed by atoms with Gasteiger partial charge in [-0.05, 0) is 41.7 Å². The number of ether oxygens (including phenoxy) is 1. The molecule has 1 aliphatic heterocycles. The second-order valence-electron chi connectivity index (χ2n) is 9.14. The zero-order valence-electron chi connectivity index (χ0n) is 20.9. The molecule has 0 atom stereocenters. The predicted molar refractivity (Wildman–Crippen MR) is 145 cm³/mol. The fourth-order valence-electron chi connectivity index (χ4n) is 4.77. The van der Waals surface area contributed by atoms with E-state index in [1.165, 1.54) is 23.8 Å². The molecule has 1 aliphatic rings. The van der Waals surface area contributed by atoms with E-state index in [1.807, 2.05) is 51.9 Å². The van der Waals surface area contributed by atoms with Crippen LogP contribution >= 0.6 is 0 Å². The van der Waals surface area contributed by atoms with Crippen molar-refractivity contribution in [1.29, 1.82) is 0 Å². The Hall–Kier alpha value is -4.23. The minimum atomic E-state index is -0.280. The zero-order chi connectivity index (χ0) is 25.6. The number of anilines is 1. The zero-order valence-corrected chi connectivity index (χ0v) is 20.9. The van der Waals surface area contributed by atoms with Crippen LogP contribution in [0.1, 0.15) is 27.9 Å². The SMILES string of the molecule is COCC(=O)Nc1cc(C(=O)N2CC=C(c3ccccc3)CC2)c2c(c1)ncn2CCc1ccccc1. The Morgan fingerprint density at radius 3 is 2.49 bits per heavy atom. The smallest absolute Gasteiger partial charge is 0.256 e. The molecule has 1 aromatic heterocycles. The summed E-state index contributed by atoms with van der Waals surface area (Å²) in [5, 5.41) is 2.83. The summed E-state index contributed by atoms with van der Waals surface area (Å²) >= 11 is 0. The maximum atomic E-state index is 13.9. The van der Waals surface area contributed by atoms with E-state index in [1.54, 1.807) is 12.4 Å². The number of benzene rings is 3. The molecule has 0 saturated carbocycles. The number of nitrogens with one attached hydrogen (secondary N) is 1. The van der Waals surface area contributed by atoms with E-state index in [9.17, 15) is 9.59 Å². The van der Waals surface area contributed by atoms with Crippen molar-refractivity contribution in [2.75, 3.05) is 32.1 Å². The number of aromatic nitrogens is 2. The lowest BCUT2D eigenvalue weighted by Crippen LogP contribution is -2.35. The van der Waals surface area contributed by atoms with Crippen LogP contribution in [0, 0.1) is 0 Å². The highest BCUT2D eigenvalue weighted by atomic mass is 16.5. The molecule has 0 spiro atoms. The summed E-state index contributed by atoms with van der Waals surface area (Å²) in [6.45, 7) is 1.78. The Bertz CT molecular complexity index is 1430. The van der Waals surface area contributed by atoms with Gasteiger partial charge in [0.25, 0.3) is 5.91 Å². The summed E-state index contributed by atoms with van der Waals surface area (Å²) in [5.41, 5.74) is 6.18. The number of fused-ring (bicyclic) bond motifs is 1. The summed E-state index contributed by atoms with van der Waals surface area (Å²) < 4.78 is 6.98. The molecule has 1 N–H and O–H groups in total. The molecule has 3 aromatic carbocycles. The molecule has 37 heavy (non-hydrogen) atoms. The number of hydrogen-bond acceptors (Lipinski definition) is 4. The van der Waals surface area contributed by atoms with Gasteiger partial charge in [0, 0.05) is 32.4 Å². The number of methoxy groups -OCH3 is 1. The highest BCUT2D eigenvalue weighted by molar-refractivity contribution is 6.08. The Kier molecular flexibility index (Phi) is 7.42. The number of nitrogens with zero attached hydrogens (tertiary/aromatic N) is 3. The molecule has 0 bridgehead atoms. The lowest BCUT2D eigenvalue weighted by molar-refractivity contribution is -0.119. The van der Waals surface area contributed by atoms with Gasteiger partial charge in [0.05, 0.1) is 22.9 Å². The van der Waals surface area contributed by atoms with Gasteiger partial charge in [-0.1, -0.05) is 66.7 Å². The van der Waals surface area contributed by atoms with Gasteiger partial charge in [0.1, 0.15) is 6.61 Å². The van der Waals surface area contributed by atoms with Crippen LogP contribution in [0.5, 0.6) is 0 Å². The number of carbonyl (C=O) groups excluding carboxylic acids is 2. The maximum absolute atomic E-state index is 13.9. The summed E-state index contributed by atoms with van der Waals surface area (Å²) in [6.07, 6.45) is 5.51. The largest absolute Gasteiger partial charge is 0.375 e. The molecule has 7 heteroatoms. The molecule has 7 nitrogen and oxygen atoms in total. The van der Waals surface area contributed by atoms with Crippen molar-refractivity contribution in [3.63, 3.8) is 0 Å². The van der Waals surface area contributed by atoms with E-state index in [4.69, 9.17) is 4.74 Å². The topological polar surface area (TPSA) is 76.5 Å². The van der Waals surface area contributed by atoms with Crippen LogP contribution in [0.2, 0.25) is 0 Å². The molecule has 5 rings (SSSR count). The lowest BCUT2D eigenvalue weighted by Gasteiger charge is -2.27. The van der Waals surface area contributed by atoms with Gasteiger partial charge in [-0.25, -0.2) is 4.98 Å². The molecule has 188 valence electrons. The van der Waals surface area contributed by atoms with Crippen molar-refractivity contribution < 1.29 is 14.3 Å². The second-order valence-corrected chi connectivity index (χ2v) is 9.14. The molecule has 0 saturated heterocycles. The van der Waals surface area contributed by atoms with Gasteiger partial charge < -0.3 is 19.5 Å². The van der Waals surface area contributed by atoms with Crippen molar-refractivity contribution in [2.24, 2.45) is 0 Å². The fraction of sp³-hybridized carbons (Fsp3) is 0.233. The average molecular weight is 495 g/mol. The molecule has 0 fully saturated rings. The molecule has 2 heterocycles. The van der Waals surface area contributed by atoms with E-state index in [0.29, 0.717) is 36.4 Å². The quantitative estimate of drug-likeness (QED) is 0.382. The summed E-state index contributed by atoms with van der Waals surface area (Å²) in [6, 6.07) is 24.1. The first-order chi connectivity index (χ1) is 18.1. The van der Waals surface area contributed by atoms with Gasteiger partial charge in [-0.15, -0.1) is 0 Å². The van der Waals surface area contributed by atoms with Crippen LogP contribution in [-0.4, -0.2) is 53.1 Å². The van der Waals surface area contributed by atoms with Gasteiger partial charge in [-0.3, -0.25) is 9.59 Å². The number of hydrogen-bond donors (Lipinski definition) is 1. The number of carbonyl (C=O) groups is 2. The van der Waals surface area contributed by atoms with Gasteiger partial charge in [-0.2, -0.15) is 0 Å². The van der Waals surface area contributed by atoms with E-state index in [-0.39, 0.29) is 18.4 Å². The Morgan fingerprint density at radius 2 is 1.78 bits per heavy atom. The molecule has 0 radical (unpaired) electrons. The summed E-state index contributed by atoms with van der Waals surface area (Å²) in [4.78, 5) is 32.5. The predicted octanol–water partition coefficient (Wildman–Crippen LogP) is 4.79. The number of rotatable bonds is 8. The third-order valence-electron chi connectivity index (χ3n) is 6.63. The molecule has 0 aliphatic carbocycles. The molecule has 4 aromatic rings. The third kappa shape index (κ3) is 5.62. The number of imidazole rings is 1. The fourth-order valence-corrected chi connectivity index (χ4v) is 4.77. The minimum absolute atomic E-state index is 0.0635. The second kappa shape index (κ2) is 11.2. The standard InChI is InChI=1S/C30H30N4O3/c1-37-20-28(35)32-25-18-26(30(36)33-16-13-24(14-17-33)23-10-6-3-7-11-23)29-27(19-25)31-21-34(29)15-12-22-8-4-2-5-9-22/h2-11,13,18-19,21H,12,14-17,20H2,1H3,(H,32,35). The molecule has 0 unspecified atom stereocenters. The van der Waals surface area contributed by atoms with Gasteiger partial charge >= 0.3 is 0 Å². The normalized spacial score (nSPS) is 13.4. The van der Waals surface area contributed by atoms with Crippen molar-refractivity contribution in [2.45, 2.75) is 19.4 Å². The average Bonchev–Trinajstić information content (AvgIpc) is 3.35. The van der Waals surface area contributed by atoms with Crippen LogP contribution in [-0.2, 0) is 22.5 Å². The van der Waals surface area contributed by atoms with E-state index in [0.717, 1.165) is 18.4 Å². The van der Waals surface area contributed by atoms with E-state index < -0.39 is 0 Å². The first-order valence-corrected chi connectivity index (χ1v) is 12.5. The molecular weight excluding hydrogens is 464 g/mol. The third-order valence-corrected chi connectivity index (χ3v) is 6.63. The van der Waals surface area contributed by atoms with Crippen LogP contribution in [0.3, 0.4) is 0 Å². The van der Waals surface area contributed by atoms with Crippen molar-refractivity contribution >= 4 is 34.1 Å². The Labute approximate surface area is 216 Å². The first kappa shape index (κ1) is 24.5. The Balaban J connectivity index is 1.45. The first-order valence-electron chi connectivity index (χ1n) is 12.5.